The maximum atomic E-state index is 12.5. The van der Waals surface area contributed by atoms with Crippen LogP contribution < -0.4 is 5.73 Å². The second-order valence-electron chi connectivity index (χ2n) is 6.92. The van der Waals surface area contributed by atoms with Gasteiger partial charge in [0.1, 0.15) is 0 Å². The van der Waals surface area contributed by atoms with E-state index >= 15 is 0 Å². The number of hydrogen-bond donors (Lipinski definition) is 1. The second-order valence-corrected chi connectivity index (χ2v) is 6.92. The van der Waals surface area contributed by atoms with Crippen LogP contribution in [0.4, 0.5) is 5.69 Å². The van der Waals surface area contributed by atoms with E-state index < -0.39 is 0 Å². The Hall–Kier alpha value is -1.51. The number of amides is 1. The van der Waals surface area contributed by atoms with Crippen LogP contribution >= 0.6 is 0 Å². The zero-order valence-corrected chi connectivity index (χ0v) is 11.8. The average molecular weight is 270 g/mol. The molecule has 4 rings (SSSR count). The summed E-state index contributed by atoms with van der Waals surface area (Å²) in [6, 6.07) is 6.01. The molecule has 3 atom stereocenters. The van der Waals surface area contributed by atoms with Crippen LogP contribution in [0.3, 0.4) is 0 Å². The van der Waals surface area contributed by atoms with Crippen molar-refractivity contribution in [2.45, 2.75) is 45.2 Å². The monoisotopic (exact) mass is 270 g/mol. The number of carbonyl (C=O) groups excluding carboxylic acids is 1. The predicted octanol–water partition coefficient (Wildman–Crippen LogP) is 2.94. The first-order chi connectivity index (χ1) is 9.69. The van der Waals surface area contributed by atoms with E-state index in [0.29, 0.717) is 11.8 Å². The fourth-order valence-corrected chi connectivity index (χ4v) is 4.57. The third-order valence-corrected chi connectivity index (χ3v) is 5.63. The molecule has 2 fully saturated rings. The fraction of sp³-hybridized carbons (Fsp3) is 0.588. The Morgan fingerprint density at radius 1 is 1.20 bits per heavy atom. The highest BCUT2D eigenvalue weighted by Gasteiger charge is 2.40. The lowest BCUT2D eigenvalue weighted by molar-refractivity contribution is -0.133. The van der Waals surface area contributed by atoms with E-state index in [9.17, 15) is 4.79 Å². The largest absolute Gasteiger partial charge is 0.399 e. The molecule has 2 aliphatic carbocycles. The summed E-state index contributed by atoms with van der Waals surface area (Å²) in [7, 11) is 0. The Morgan fingerprint density at radius 2 is 2.05 bits per heavy atom. The van der Waals surface area contributed by atoms with E-state index in [1.807, 2.05) is 17.0 Å². The number of carbonyl (C=O) groups is 1. The van der Waals surface area contributed by atoms with Crippen LogP contribution in [0.1, 0.15) is 43.2 Å². The molecule has 1 aliphatic heterocycles. The molecular weight excluding hydrogens is 248 g/mol. The van der Waals surface area contributed by atoms with Gasteiger partial charge in [-0.2, -0.15) is 0 Å². The van der Waals surface area contributed by atoms with Crippen molar-refractivity contribution < 1.29 is 4.79 Å². The molecule has 3 heteroatoms. The number of rotatable bonds is 2. The van der Waals surface area contributed by atoms with Gasteiger partial charge in [0.05, 0.1) is 0 Å². The van der Waals surface area contributed by atoms with Crippen molar-refractivity contribution in [3.8, 4) is 0 Å². The Kier molecular flexibility index (Phi) is 2.76. The normalized spacial score (nSPS) is 30.8. The molecule has 1 aromatic rings. The first-order valence-electron chi connectivity index (χ1n) is 7.84. The van der Waals surface area contributed by atoms with Gasteiger partial charge in [-0.3, -0.25) is 4.79 Å². The molecule has 0 saturated heterocycles. The summed E-state index contributed by atoms with van der Waals surface area (Å²) in [5.74, 6) is 2.77. The van der Waals surface area contributed by atoms with Crippen molar-refractivity contribution >= 4 is 11.6 Å². The van der Waals surface area contributed by atoms with Gasteiger partial charge in [0, 0.05) is 25.2 Å². The van der Waals surface area contributed by atoms with Crippen LogP contribution in [0.15, 0.2) is 18.2 Å². The molecule has 1 amide bonds. The van der Waals surface area contributed by atoms with E-state index in [0.717, 1.165) is 37.0 Å². The van der Waals surface area contributed by atoms with Crippen LogP contribution in [0, 0.1) is 17.8 Å². The fourth-order valence-electron chi connectivity index (χ4n) is 4.57. The molecule has 2 bridgehead atoms. The maximum Gasteiger partial charge on any atom is 0.223 e. The Balaban J connectivity index is 1.41. The summed E-state index contributed by atoms with van der Waals surface area (Å²) in [5.41, 5.74) is 9.11. The molecule has 2 saturated carbocycles. The van der Waals surface area contributed by atoms with Crippen molar-refractivity contribution in [2.75, 3.05) is 5.73 Å². The van der Waals surface area contributed by atoms with E-state index in [-0.39, 0.29) is 0 Å². The van der Waals surface area contributed by atoms with Crippen LogP contribution in [0.25, 0.3) is 0 Å². The molecule has 3 nitrogen and oxygen atoms in total. The van der Waals surface area contributed by atoms with Gasteiger partial charge in [-0.05, 0) is 60.3 Å². The topological polar surface area (TPSA) is 46.3 Å². The van der Waals surface area contributed by atoms with Gasteiger partial charge in [-0.25, -0.2) is 0 Å². The predicted molar refractivity (Wildman–Crippen MR) is 78.7 cm³/mol. The molecule has 0 radical (unpaired) electrons. The number of benzene rings is 1. The van der Waals surface area contributed by atoms with Gasteiger partial charge in [0.15, 0.2) is 0 Å². The lowest BCUT2D eigenvalue weighted by Gasteiger charge is -2.24. The zero-order valence-electron chi connectivity index (χ0n) is 11.8. The Morgan fingerprint density at radius 3 is 2.80 bits per heavy atom. The minimum atomic E-state index is 0.345. The first kappa shape index (κ1) is 12.2. The number of nitrogen functional groups attached to an aromatic ring is 1. The SMILES string of the molecule is Nc1ccc2c(c1)CN(C(=O)CC1CC3CCC1C3)C2. The number of nitrogens with zero attached hydrogens (tertiary/aromatic N) is 1. The van der Waals surface area contributed by atoms with Gasteiger partial charge < -0.3 is 10.6 Å². The molecule has 1 heterocycles. The molecule has 20 heavy (non-hydrogen) atoms. The van der Waals surface area contributed by atoms with Crippen molar-refractivity contribution in [1.29, 1.82) is 0 Å². The van der Waals surface area contributed by atoms with Crippen LogP contribution in [0.5, 0.6) is 0 Å². The van der Waals surface area contributed by atoms with Crippen LogP contribution in [0.2, 0.25) is 0 Å². The Bertz CT molecular complexity index is 554. The molecular formula is C17H22N2O. The highest BCUT2D eigenvalue weighted by molar-refractivity contribution is 5.77. The lowest BCUT2D eigenvalue weighted by atomic mass is 9.86. The third kappa shape index (κ3) is 2.00. The minimum absolute atomic E-state index is 0.345. The number of nitrogens with two attached hydrogens (primary N) is 1. The third-order valence-electron chi connectivity index (χ3n) is 5.63. The van der Waals surface area contributed by atoms with E-state index in [2.05, 4.69) is 6.07 Å². The summed E-state index contributed by atoms with van der Waals surface area (Å²) in [6.45, 7) is 1.52. The zero-order chi connectivity index (χ0) is 13.7. The molecule has 0 spiro atoms. The lowest BCUT2D eigenvalue weighted by Crippen LogP contribution is -2.28. The quantitative estimate of drug-likeness (QED) is 0.840. The average Bonchev–Trinajstić information content (AvgIpc) is 3.11. The Labute approximate surface area is 120 Å². The summed E-state index contributed by atoms with van der Waals surface area (Å²) < 4.78 is 0. The van der Waals surface area contributed by atoms with Gasteiger partial charge in [-0.1, -0.05) is 12.5 Å². The molecule has 3 aliphatic rings. The van der Waals surface area contributed by atoms with E-state index in [1.54, 1.807) is 0 Å². The minimum Gasteiger partial charge on any atom is -0.399 e. The van der Waals surface area contributed by atoms with Crippen molar-refractivity contribution in [2.24, 2.45) is 17.8 Å². The highest BCUT2D eigenvalue weighted by Crippen LogP contribution is 2.49. The van der Waals surface area contributed by atoms with Crippen molar-refractivity contribution in [1.82, 2.24) is 4.90 Å². The van der Waals surface area contributed by atoms with Crippen LogP contribution in [-0.4, -0.2) is 10.8 Å². The van der Waals surface area contributed by atoms with Crippen molar-refractivity contribution in [3.63, 3.8) is 0 Å². The van der Waals surface area contributed by atoms with Crippen molar-refractivity contribution in [3.05, 3.63) is 29.3 Å². The smallest absolute Gasteiger partial charge is 0.223 e. The molecule has 3 unspecified atom stereocenters. The standard InChI is InChI=1S/C17H22N2O/c18-16-4-3-13-9-19(10-15(13)7-16)17(20)8-14-6-11-1-2-12(14)5-11/h3-4,7,11-12,14H,1-2,5-6,8-10,18H2. The van der Waals surface area contributed by atoms with Crippen LogP contribution in [-0.2, 0) is 17.9 Å². The highest BCUT2D eigenvalue weighted by atomic mass is 16.2. The second kappa shape index (κ2) is 4.51. The molecule has 2 N–H and O–H groups in total. The number of anilines is 1. The number of fused-ring (bicyclic) bond motifs is 3. The summed E-state index contributed by atoms with van der Waals surface area (Å²) >= 11 is 0. The van der Waals surface area contributed by atoms with Gasteiger partial charge in [0.25, 0.3) is 0 Å². The molecule has 106 valence electrons. The van der Waals surface area contributed by atoms with E-state index in [1.165, 1.54) is 36.8 Å². The number of hydrogen-bond acceptors (Lipinski definition) is 2. The first-order valence-corrected chi connectivity index (χ1v) is 7.84. The summed E-state index contributed by atoms with van der Waals surface area (Å²) in [5, 5.41) is 0. The van der Waals surface area contributed by atoms with E-state index in [4.69, 9.17) is 5.73 Å². The van der Waals surface area contributed by atoms with Gasteiger partial charge in [0.2, 0.25) is 5.91 Å². The van der Waals surface area contributed by atoms with Gasteiger partial charge in [-0.15, -0.1) is 0 Å². The summed E-state index contributed by atoms with van der Waals surface area (Å²) in [6.07, 6.45) is 6.21. The maximum absolute atomic E-state index is 12.5. The summed E-state index contributed by atoms with van der Waals surface area (Å²) in [4.78, 5) is 14.5. The molecule has 1 aromatic carbocycles. The van der Waals surface area contributed by atoms with Gasteiger partial charge >= 0.3 is 0 Å². The molecule has 0 aromatic heterocycles.